The predicted molar refractivity (Wildman–Crippen MR) is 78.3 cm³/mol. The van der Waals surface area contributed by atoms with Gasteiger partial charge in [0.05, 0.1) is 0 Å². The molecule has 2 nitrogen and oxygen atoms in total. The van der Waals surface area contributed by atoms with Gasteiger partial charge in [-0.15, -0.1) is 0 Å². The first-order valence-electron chi connectivity index (χ1n) is 7.82. The smallest absolute Gasteiger partial charge is 0.0469 e. The van der Waals surface area contributed by atoms with Gasteiger partial charge in [0.2, 0.25) is 0 Å². The molecule has 1 N–H and O–H groups in total. The third-order valence-corrected chi connectivity index (χ3v) is 4.61. The van der Waals surface area contributed by atoms with Crippen LogP contribution in [0.2, 0.25) is 0 Å². The van der Waals surface area contributed by atoms with Crippen molar-refractivity contribution in [3.8, 4) is 0 Å². The van der Waals surface area contributed by atoms with Crippen LogP contribution in [-0.4, -0.2) is 19.8 Å². The molecule has 0 aromatic heterocycles. The molecule has 1 aliphatic carbocycles. The SMILES string of the molecule is c1ccc2c(c1)CCCCC2NCC1CCOCC1. The Labute approximate surface area is 116 Å². The van der Waals surface area contributed by atoms with Crippen molar-refractivity contribution in [2.24, 2.45) is 5.92 Å². The summed E-state index contributed by atoms with van der Waals surface area (Å²) in [6.45, 7) is 3.06. The maximum atomic E-state index is 5.44. The highest BCUT2D eigenvalue weighted by Gasteiger charge is 2.20. The molecular formula is C17H25NO. The quantitative estimate of drug-likeness (QED) is 0.839. The van der Waals surface area contributed by atoms with Crippen LogP contribution in [0.1, 0.15) is 49.3 Å². The van der Waals surface area contributed by atoms with Crippen LogP contribution in [0.5, 0.6) is 0 Å². The summed E-state index contributed by atoms with van der Waals surface area (Å²) >= 11 is 0. The number of aryl methyl sites for hydroxylation is 1. The van der Waals surface area contributed by atoms with Crippen LogP contribution in [0.15, 0.2) is 24.3 Å². The van der Waals surface area contributed by atoms with Crippen molar-refractivity contribution in [3.05, 3.63) is 35.4 Å². The highest BCUT2D eigenvalue weighted by atomic mass is 16.5. The van der Waals surface area contributed by atoms with Crippen molar-refractivity contribution in [2.75, 3.05) is 19.8 Å². The van der Waals surface area contributed by atoms with Crippen molar-refractivity contribution in [1.29, 1.82) is 0 Å². The minimum absolute atomic E-state index is 0.571. The molecule has 1 saturated heterocycles. The van der Waals surface area contributed by atoms with E-state index in [1.54, 1.807) is 11.1 Å². The minimum Gasteiger partial charge on any atom is -0.381 e. The predicted octanol–water partition coefficient (Wildman–Crippen LogP) is 3.47. The van der Waals surface area contributed by atoms with Crippen molar-refractivity contribution in [2.45, 2.75) is 44.6 Å². The van der Waals surface area contributed by atoms with Gasteiger partial charge in [0, 0.05) is 19.3 Å². The largest absolute Gasteiger partial charge is 0.381 e. The molecule has 19 heavy (non-hydrogen) atoms. The lowest BCUT2D eigenvalue weighted by molar-refractivity contribution is 0.0653. The molecular weight excluding hydrogens is 234 g/mol. The van der Waals surface area contributed by atoms with Gasteiger partial charge >= 0.3 is 0 Å². The van der Waals surface area contributed by atoms with Gasteiger partial charge in [0.25, 0.3) is 0 Å². The van der Waals surface area contributed by atoms with E-state index < -0.39 is 0 Å². The molecule has 1 heterocycles. The normalized spacial score (nSPS) is 24.7. The average molecular weight is 259 g/mol. The summed E-state index contributed by atoms with van der Waals surface area (Å²) < 4.78 is 5.44. The van der Waals surface area contributed by atoms with Gasteiger partial charge in [-0.3, -0.25) is 0 Å². The standard InChI is InChI=1S/C17H25NO/c1-3-7-16-15(5-1)6-2-4-8-17(16)18-13-14-9-11-19-12-10-14/h1,3,5,7,14,17-18H,2,4,6,8-13H2. The van der Waals surface area contributed by atoms with E-state index >= 15 is 0 Å². The van der Waals surface area contributed by atoms with E-state index in [-0.39, 0.29) is 0 Å². The zero-order chi connectivity index (χ0) is 12.9. The molecule has 0 bridgehead atoms. The molecule has 104 valence electrons. The number of fused-ring (bicyclic) bond motifs is 1. The van der Waals surface area contributed by atoms with Crippen molar-refractivity contribution < 1.29 is 4.74 Å². The van der Waals surface area contributed by atoms with Crippen molar-refractivity contribution in [1.82, 2.24) is 5.32 Å². The van der Waals surface area contributed by atoms with Crippen molar-refractivity contribution >= 4 is 0 Å². The Bertz CT molecular complexity index is 398. The van der Waals surface area contributed by atoms with Gasteiger partial charge in [0.15, 0.2) is 0 Å². The number of rotatable bonds is 3. The number of hydrogen-bond acceptors (Lipinski definition) is 2. The summed E-state index contributed by atoms with van der Waals surface area (Å²) in [6.07, 6.45) is 7.68. The maximum absolute atomic E-state index is 5.44. The van der Waals surface area contributed by atoms with E-state index in [0.717, 1.165) is 25.7 Å². The molecule has 2 heteroatoms. The van der Waals surface area contributed by atoms with Gasteiger partial charge in [-0.25, -0.2) is 0 Å². The van der Waals surface area contributed by atoms with Gasteiger partial charge in [0.1, 0.15) is 0 Å². The molecule has 1 aromatic carbocycles. The first kappa shape index (κ1) is 13.1. The summed E-state index contributed by atoms with van der Waals surface area (Å²) in [5.74, 6) is 0.809. The van der Waals surface area contributed by atoms with Crippen LogP contribution in [-0.2, 0) is 11.2 Å². The molecule has 2 aliphatic rings. The van der Waals surface area contributed by atoms with E-state index in [0.29, 0.717) is 6.04 Å². The fourth-order valence-corrected chi connectivity index (χ4v) is 3.39. The van der Waals surface area contributed by atoms with E-state index in [1.807, 2.05) is 0 Å². The van der Waals surface area contributed by atoms with Crippen LogP contribution in [0.3, 0.4) is 0 Å². The Kier molecular flexibility index (Phi) is 4.52. The van der Waals surface area contributed by atoms with E-state index in [9.17, 15) is 0 Å². The van der Waals surface area contributed by atoms with Gasteiger partial charge < -0.3 is 10.1 Å². The molecule has 0 spiro atoms. The first-order valence-corrected chi connectivity index (χ1v) is 7.82. The Hall–Kier alpha value is -0.860. The van der Waals surface area contributed by atoms with Crippen LogP contribution < -0.4 is 5.32 Å². The second-order valence-electron chi connectivity index (χ2n) is 5.96. The highest BCUT2D eigenvalue weighted by Crippen LogP contribution is 2.29. The lowest BCUT2D eigenvalue weighted by Gasteiger charge is -2.26. The lowest BCUT2D eigenvalue weighted by Crippen LogP contribution is -2.30. The molecule has 3 rings (SSSR count). The molecule has 1 aliphatic heterocycles. The maximum Gasteiger partial charge on any atom is 0.0469 e. The molecule has 1 atom stereocenters. The summed E-state index contributed by atoms with van der Waals surface area (Å²) in [7, 11) is 0. The summed E-state index contributed by atoms with van der Waals surface area (Å²) in [6, 6.07) is 9.57. The number of ether oxygens (including phenoxy) is 1. The molecule has 0 amide bonds. The highest BCUT2D eigenvalue weighted by molar-refractivity contribution is 5.31. The summed E-state index contributed by atoms with van der Waals surface area (Å²) in [5.41, 5.74) is 3.11. The summed E-state index contributed by atoms with van der Waals surface area (Å²) in [5, 5.41) is 3.83. The molecule has 1 aromatic rings. The molecule has 0 radical (unpaired) electrons. The molecule has 0 saturated carbocycles. The second kappa shape index (κ2) is 6.53. The van der Waals surface area contributed by atoms with Crippen molar-refractivity contribution in [3.63, 3.8) is 0 Å². The van der Waals surface area contributed by atoms with Gasteiger partial charge in [-0.2, -0.15) is 0 Å². The Balaban J connectivity index is 1.63. The van der Waals surface area contributed by atoms with Gasteiger partial charge in [-0.05, 0) is 55.7 Å². The summed E-state index contributed by atoms with van der Waals surface area (Å²) in [4.78, 5) is 0. The van der Waals surface area contributed by atoms with E-state index in [4.69, 9.17) is 4.74 Å². The average Bonchev–Trinajstić information content (AvgIpc) is 2.68. The molecule has 1 unspecified atom stereocenters. The van der Waals surface area contributed by atoms with Crippen LogP contribution in [0, 0.1) is 5.92 Å². The topological polar surface area (TPSA) is 21.3 Å². The van der Waals surface area contributed by atoms with Crippen LogP contribution in [0.4, 0.5) is 0 Å². The number of nitrogens with one attached hydrogen (secondary N) is 1. The molecule has 1 fully saturated rings. The minimum atomic E-state index is 0.571. The zero-order valence-electron chi connectivity index (χ0n) is 11.7. The van der Waals surface area contributed by atoms with Crippen LogP contribution in [0.25, 0.3) is 0 Å². The van der Waals surface area contributed by atoms with Gasteiger partial charge in [-0.1, -0.05) is 30.7 Å². The lowest BCUT2D eigenvalue weighted by atomic mass is 9.96. The second-order valence-corrected chi connectivity index (χ2v) is 5.96. The number of benzene rings is 1. The fraction of sp³-hybridized carbons (Fsp3) is 0.647. The Morgan fingerprint density at radius 3 is 2.79 bits per heavy atom. The third kappa shape index (κ3) is 3.37. The third-order valence-electron chi connectivity index (χ3n) is 4.61. The van der Waals surface area contributed by atoms with Crippen LogP contribution >= 0.6 is 0 Å². The Morgan fingerprint density at radius 2 is 1.89 bits per heavy atom. The van der Waals surface area contributed by atoms with E-state index in [1.165, 1.54) is 38.5 Å². The zero-order valence-corrected chi connectivity index (χ0v) is 11.7. The number of hydrogen-bond donors (Lipinski definition) is 1. The Morgan fingerprint density at radius 1 is 1.05 bits per heavy atom. The monoisotopic (exact) mass is 259 g/mol. The van der Waals surface area contributed by atoms with E-state index in [2.05, 4.69) is 29.6 Å². The fourth-order valence-electron chi connectivity index (χ4n) is 3.39. The first-order chi connectivity index (χ1) is 9.43.